The molecule has 3 atom stereocenters. The molecule has 1 aromatic rings. The van der Waals surface area contributed by atoms with Gasteiger partial charge in [0.1, 0.15) is 11.5 Å². The highest BCUT2D eigenvalue weighted by Crippen LogP contribution is 2.44. The van der Waals surface area contributed by atoms with Crippen LogP contribution in [0.3, 0.4) is 0 Å². The Morgan fingerprint density at radius 3 is 2.70 bits per heavy atom. The molecule has 6 heteroatoms. The third-order valence-electron chi connectivity index (χ3n) is 6.72. The number of methoxy groups -OCH3 is 2. The largest absolute Gasteiger partial charge is 0.497 e. The lowest BCUT2D eigenvalue weighted by molar-refractivity contribution is -0.134. The minimum Gasteiger partial charge on any atom is -0.497 e. The SMILES string of the molecule is COc1cc(OC)cc(N2CCC(NC(=O)[C@@]34CCCC[C@H]3CNC4)C2)c1. The van der Waals surface area contributed by atoms with Crippen LogP contribution >= 0.6 is 0 Å². The Balaban J connectivity index is 1.42. The van der Waals surface area contributed by atoms with E-state index >= 15 is 0 Å². The molecule has 3 aliphatic rings. The van der Waals surface area contributed by atoms with Crippen molar-refractivity contribution in [1.29, 1.82) is 0 Å². The number of hydrogen-bond acceptors (Lipinski definition) is 5. The zero-order chi connectivity index (χ0) is 18.9. The fourth-order valence-electron chi connectivity index (χ4n) is 5.11. The average molecular weight is 373 g/mol. The molecule has 4 rings (SSSR count). The highest BCUT2D eigenvalue weighted by Gasteiger charge is 2.50. The fourth-order valence-corrected chi connectivity index (χ4v) is 5.11. The van der Waals surface area contributed by atoms with E-state index in [0.29, 0.717) is 5.92 Å². The van der Waals surface area contributed by atoms with Gasteiger partial charge >= 0.3 is 0 Å². The third-order valence-corrected chi connectivity index (χ3v) is 6.72. The van der Waals surface area contributed by atoms with Crippen LogP contribution in [0.4, 0.5) is 5.69 Å². The summed E-state index contributed by atoms with van der Waals surface area (Å²) < 4.78 is 10.8. The quantitative estimate of drug-likeness (QED) is 0.828. The van der Waals surface area contributed by atoms with Gasteiger partial charge in [-0.2, -0.15) is 0 Å². The van der Waals surface area contributed by atoms with Crippen LogP contribution in [0.2, 0.25) is 0 Å². The molecule has 2 saturated heterocycles. The molecular weight excluding hydrogens is 342 g/mol. The second-order valence-electron chi connectivity index (χ2n) is 8.21. The molecular formula is C21H31N3O3. The standard InChI is InChI=1S/C21H31N3O3/c1-26-18-9-17(10-19(11-18)27-2)24-8-6-16(13-24)23-20(25)21-7-4-3-5-15(21)12-22-14-21/h9-11,15-16,22H,3-8,12-14H2,1-2H3,(H,23,25)/t15-,16?,21+/m0/s1. The number of amides is 1. The summed E-state index contributed by atoms with van der Waals surface area (Å²) in [4.78, 5) is 15.5. The van der Waals surface area contributed by atoms with Crippen LogP contribution in [0.1, 0.15) is 32.1 Å². The maximum absolute atomic E-state index is 13.2. The molecule has 2 aliphatic heterocycles. The molecule has 1 aliphatic carbocycles. The van der Waals surface area contributed by atoms with Gasteiger partial charge in [0, 0.05) is 49.6 Å². The summed E-state index contributed by atoms with van der Waals surface area (Å²) in [5, 5.41) is 6.86. The second kappa shape index (κ2) is 7.58. The number of carbonyl (C=O) groups is 1. The number of ether oxygens (including phenoxy) is 2. The van der Waals surface area contributed by atoms with Crippen molar-refractivity contribution in [2.75, 3.05) is 45.3 Å². The third kappa shape index (κ3) is 3.47. The van der Waals surface area contributed by atoms with Gasteiger partial charge in [-0.05, 0) is 31.7 Å². The van der Waals surface area contributed by atoms with Crippen molar-refractivity contribution in [3.05, 3.63) is 18.2 Å². The van der Waals surface area contributed by atoms with E-state index in [1.807, 2.05) is 18.2 Å². The smallest absolute Gasteiger partial charge is 0.228 e. The summed E-state index contributed by atoms with van der Waals surface area (Å²) in [6.07, 6.45) is 5.61. The molecule has 0 bridgehead atoms. The molecule has 0 aromatic heterocycles. The Bertz CT molecular complexity index is 673. The lowest BCUT2D eigenvalue weighted by atomic mass is 9.67. The first-order valence-corrected chi connectivity index (χ1v) is 10.1. The zero-order valence-electron chi connectivity index (χ0n) is 16.4. The Morgan fingerprint density at radius 1 is 1.19 bits per heavy atom. The van der Waals surface area contributed by atoms with E-state index in [0.717, 1.165) is 56.2 Å². The molecule has 2 heterocycles. The predicted octanol–water partition coefficient (Wildman–Crippen LogP) is 2.18. The fraction of sp³-hybridized carbons (Fsp3) is 0.667. The van der Waals surface area contributed by atoms with Crippen molar-refractivity contribution in [1.82, 2.24) is 10.6 Å². The number of fused-ring (bicyclic) bond motifs is 1. The summed E-state index contributed by atoms with van der Waals surface area (Å²) in [5.41, 5.74) is 0.907. The normalized spacial score (nSPS) is 30.1. The second-order valence-corrected chi connectivity index (χ2v) is 8.21. The zero-order valence-corrected chi connectivity index (χ0v) is 16.4. The van der Waals surface area contributed by atoms with Crippen LogP contribution in [-0.2, 0) is 4.79 Å². The summed E-state index contributed by atoms with van der Waals surface area (Å²) in [5.74, 6) is 2.36. The number of hydrogen-bond donors (Lipinski definition) is 2. The summed E-state index contributed by atoms with van der Waals surface area (Å²) in [6.45, 7) is 3.59. The van der Waals surface area contributed by atoms with Gasteiger partial charge in [0.2, 0.25) is 5.91 Å². The van der Waals surface area contributed by atoms with E-state index < -0.39 is 0 Å². The van der Waals surface area contributed by atoms with Crippen LogP contribution < -0.4 is 25.0 Å². The van der Waals surface area contributed by atoms with E-state index in [2.05, 4.69) is 15.5 Å². The molecule has 6 nitrogen and oxygen atoms in total. The highest BCUT2D eigenvalue weighted by atomic mass is 16.5. The lowest BCUT2D eigenvalue weighted by Gasteiger charge is -2.37. The summed E-state index contributed by atoms with van der Waals surface area (Å²) in [7, 11) is 3.34. The number of carbonyl (C=O) groups excluding carboxylic acids is 1. The van der Waals surface area contributed by atoms with Crippen LogP contribution in [0, 0.1) is 11.3 Å². The van der Waals surface area contributed by atoms with E-state index in [-0.39, 0.29) is 17.4 Å². The minimum absolute atomic E-state index is 0.176. The number of benzene rings is 1. The van der Waals surface area contributed by atoms with Crippen molar-refractivity contribution in [3.8, 4) is 11.5 Å². The first-order valence-electron chi connectivity index (χ1n) is 10.1. The van der Waals surface area contributed by atoms with Gasteiger partial charge in [-0.3, -0.25) is 4.79 Å². The monoisotopic (exact) mass is 373 g/mol. The van der Waals surface area contributed by atoms with Gasteiger partial charge in [0.15, 0.2) is 0 Å². The number of nitrogens with zero attached hydrogens (tertiary/aromatic N) is 1. The van der Waals surface area contributed by atoms with Crippen molar-refractivity contribution in [3.63, 3.8) is 0 Å². The molecule has 2 N–H and O–H groups in total. The molecule has 148 valence electrons. The molecule has 1 unspecified atom stereocenters. The predicted molar refractivity (Wildman–Crippen MR) is 106 cm³/mol. The highest BCUT2D eigenvalue weighted by molar-refractivity contribution is 5.84. The van der Waals surface area contributed by atoms with Crippen molar-refractivity contribution in [2.24, 2.45) is 11.3 Å². The maximum atomic E-state index is 13.2. The first-order chi connectivity index (χ1) is 13.1. The minimum atomic E-state index is -0.176. The van der Waals surface area contributed by atoms with E-state index in [9.17, 15) is 4.79 Å². The van der Waals surface area contributed by atoms with Crippen molar-refractivity contribution < 1.29 is 14.3 Å². The van der Waals surface area contributed by atoms with Gasteiger partial charge in [-0.15, -0.1) is 0 Å². The van der Waals surface area contributed by atoms with Gasteiger partial charge < -0.3 is 25.0 Å². The van der Waals surface area contributed by atoms with Crippen LogP contribution in [-0.4, -0.2) is 52.3 Å². The van der Waals surface area contributed by atoms with E-state index in [1.165, 1.54) is 19.3 Å². The van der Waals surface area contributed by atoms with Crippen LogP contribution in [0.5, 0.6) is 11.5 Å². The lowest BCUT2D eigenvalue weighted by Crippen LogP contribution is -2.51. The van der Waals surface area contributed by atoms with Gasteiger partial charge in [0.05, 0.1) is 19.6 Å². The van der Waals surface area contributed by atoms with Gasteiger partial charge in [0.25, 0.3) is 0 Å². The molecule has 1 aromatic carbocycles. The molecule has 1 amide bonds. The van der Waals surface area contributed by atoms with Gasteiger partial charge in [-0.25, -0.2) is 0 Å². The number of rotatable bonds is 5. The van der Waals surface area contributed by atoms with Crippen LogP contribution in [0.15, 0.2) is 18.2 Å². The summed E-state index contributed by atoms with van der Waals surface area (Å²) in [6, 6.07) is 6.15. The van der Waals surface area contributed by atoms with Crippen molar-refractivity contribution in [2.45, 2.75) is 38.1 Å². The Labute approximate surface area is 161 Å². The summed E-state index contributed by atoms with van der Waals surface area (Å²) >= 11 is 0. The van der Waals surface area contributed by atoms with Crippen LogP contribution in [0.25, 0.3) is 0 Å². The van der Waals surface area contributed by atoms with E-state index in [1.54, 1.807) is 14.2 Å². The molecule has 1 saturated carbocycles. The average Bonchev–Trinajstić information content (AvgIpc) is 3.35. The maximum Gasteiger partial charge on any atom is 0.228 e. The molecule has 3 fully saturated rings. The molecule has 0 radical (unpaired) electrons. The Hall–Kier alpha value is -1.95. The number of nitrogens with one attached hydrogen (secondary N) is 2. The molecule has 0 spiro atoms. The van der Waals surface area contributed by atoms with E-state index in [4.69, 9.17) is 9.47 Å². The van der Waals surface area contributed by atoms with Crippen molar-refractivity contribution >= 4 is 11.6 Å². The van der Waals surface area contributed by atoms with Gasteiger partial charge in [-0.1, -0.05) is 12.8 Å². The Morgan fingerprint density at radius 2 is 1.96 bits per heavy atom. The number of anilines is 1. The first kappa shape index (κ1) is 18.4. The Kier molecular flexibility index (Phi) is 5.17. The molecule has 27 heavy (non-hydrogen) atoms. The topological polar surface area (TPSA) is 62.8 Å².